The van der Waals surface area contributed by atoms with Crippen LogP contribution >= 0.6 is 11.6 Å². The third-order valence-corrected chi connectivity index (χ3v) is 6.34. The summed E-state index contributed by atoms with van der Waals surface area (Å²) in [5.74, 6) is 1.94. The fraction of sp³-hybridized carbons (Fsp3) is 0.591. The third-order valence-electron chi connectivity index (χ3n) is 6.04. The highest BCUT2D eigenvalue weighted by Gasteiger charge is 2.20. The van der Waals surface area contributed by atoms with E-state index in [-0.39, 0.29) is 0 Å². The zero-order valence-corrected chi connectivity index (χ0v) is 17.6. The van der Waals surface area contributed by atoms with Gasteiger partial charge in [0, 0.05) is 36.6 Å². The maximum Gasteiger partial charge on any atom is 0.145 e. The molecule has 0 spiro atoms. The Morgan fingerprint density at radius 1 is 1.10 bits per heavy atom. The molecule has 0 bridgehead atoms. The topological polar surface area (TPSA) is 86.0 Å². The van der Waals surface area contributed by atoms with Gasteiger partial charge in [-0.2, -0.15) is 0 Å². The molecule has 29 heavy (non-hydrogen) atoms. The van der Waals surface area contributed by atoms with Gasteiger partial charge in [-0.15, -0.1) is 0 Å². The van der Waals surface area contributed by atoms with Crippen molar-refractivity contribution in [3.05, 3.63) is 35.4 Å². The molecule has 1 saturated carbocycles. The number of nitrogens with zero attached hydrogens (tertiary/aromatic N) is 3. The second kappa shape index (κ2) is 9.83. The molecule has 0 radical (unpaired) electrons. The van der Waals surface area contributed by atoms with Gasteiger partial charge in [0.2, 0.25) is 0 Å². The standard InChI is InChI=1S/C22H30ClN5O/c23-20-11-26-18(8-15-3-5-17(24)6-4-15)9-19(20)21-12-25-13-22(28-21)27-10-16-2-1-7-29-14-16/h9,11-13,15-17H,1-8,10,14,24H2,(H,27,28). The zero-order chi connectivity index (χ0) is 20.1. The normalized spacial score (nSPS) is 25.0. The Hall–Kier alpha value is -1.76. The maximum absolute atomic E-state index is 6.46. The van der Waals surface area contributed by atoms with Crippen molar-refractivity contribution < 1.29 is 4.74 Å². The van der Waals surface area contributed by atoms with Crippen LogP contribution in [0.4, 0.5) is 5.82 Å². The summed E-state index contributed by atoms with van der Waals surface area (Å²) in [5.41, 5.74) is 8.76. The molecule has 7 heteroatoms. The Balaban J connectivity index is 1.44. The molecule has 156 valence electrons. The molecule has 1 aliphatic carbocycles. The Morgan fingerprint density at radius 2 is 1.97 bits per heavy atom. The minimum absolute atomic E-state index is 0.366. The zero-order valence-electron chi connectivity index (χ0n) is 16.8. The molecule has 1 unspecified atom stereocenters. The van der Waals surface area contributed by atoms with Gasteiger partial charge in [-0.05, 0) is 62.8 Å². The van der Waals surface area contributed by atoms with Crippen LogP contribution in [-0.2, 0) is 11.2 Å². The predicted octanol–water partition coefficient (Wildman–Crippen LogP) is 4.09. The highest BCUT2D eigenvalue weighted by atomic mass is 35.5. The van der Waals surface area contributed by atoms with E-state index in [0.29, 0.717) is 22.9 Å². The van der Waals surface area contributed by atoms with E-state index in [9.17, 15) is 0 Å². The SMILES string of the molecule is NC1CCC(Cc2cc(-c3cncc(NCC4CCCOC4)n3)c(Cl)cn2)CC1. The van der Waals surface area contributed by atoms with Crippen LogP contribution in [0, 0.1) is 11.8 Å². The van der Waals surface area contributed by atoms with Crippen LogP contribution in [0.5, 0.6) is 0 Å². The summed E-state index contributed by atoms with van der Waals surface area (Å²) in [7, 11) is 0. The first-order valence-electron chi connectivity index (χ1n) is 10.7. The molecule has 0 amide bonds. The lowest BCUT2D eigenvalue weighted by Crippen LogP contribution is -2.27. The number of nitrogens with one attached hydrogen (secondary N) is 1. The lowest BCUT2D eigenvalue weighted by Gasteiger charge is -2.25. The molecule has 2 aromatic heterocycles. The quantitative estimate of drug-likeness (QED) is 0.738. The molecule has 1 aliphatic heterocycles. The summed E-state index contributed by atoms with van der Waals surface area (Å²) in [6.07, 6.45) is 13.1. The first-order chi connectivity index (χ1) is 14.2. The van der Waals surface area contributed by atoms with Gasteiger partial charge in [-0.1, -0.05) is 11.6 Å². The predicted molar refractivity (Wildman–Crippen MR) is 116 cm³/mol. The number of anilines is 1. The number of aromatic nitrogens is 3. The lowest BCUT2D eigenvalue weighted by molar-refractivity contribution is 0.0595. The lowest BCUT2D eigenvalue weighted by atomic mass is 9.83. The molecule has 3 heterocycles. The van der Waals surface area contributed by atoms with Crippen LogP contribution in [0.1, 0.15) is 44.2 Å². The minimum atomic E-state index is 0.366. The molecule has 2 aliphatic rings. The van der Waals surface area contributed by atoms with Crippen molar-refractivity contribution in [1.29, 1.82) is 0 Å². The van der Waals surface area contributed by atoms with Gasteiger partial charge >= 0.3 is 0 Å². The first-order valence-corrected chi connectivity index (χ1v) is 11.1. The Labute approximate surface area is 177 Å². The maximum atomic E-state index is 6.46. The third kappa shape index (κ3) is 5.65. The van der Waals surface area contributed by atoms with Gasteiger partial charge in [0.05, 0.1) is 29.7 Å². The number of rotatable bonds is 6. The smallest absolute Gasteiger partial charge is 0.145 e. The summed E-state index contributed by atoms with van der Waals surface area (Å²) in [5, 5.41) is 4.01. The number of ether oxygens (including phenoxy) is 1. The molecular weight excluding hydrogens is 386 g/mol. The van der Waals surface area contributed by atoms with Crippen molar-refractivity contribution in [3.8, 4) is 11.3 Å². The van der Waals surface area contributed by atoms with Crippen LogP contribution in [-0.4, -0.2) is 40.8 Å². The fourth-order valence-electron chi connectivity index (χ4n) is 4.28. The van der Waals surface area contributed by atoms with Crippen molar-refractivity contribution >= 4 is 17.4 Å². The van der Waals surface area contributed by atoms with E-state index in [1.807, 2.05) is 0 Å². The molecule has 4 rings (SSSR count). The van der Waals surface area contributed by atoms with Crippen LogP contribution in [0.3, 0.4) is 0 Å². The van der Waals surface area contributed by atoms with Crippen LogP contribution in [0.2, 0.25) is 5.02 Å². The van der Waals surface area contributed by atoms with Crippen molar-refractivity contribution in [2.75, 3.05) is 25.1 Å². The van der Waals surface area contributed by atoms with E-state index in [1.54, 1.807) is 18.6 Å². The molecular formula is C22H30ClN5O. The summed E-state index contributed by atoms with van der Waals surface area (Å²) >= 11 is 6.46. The van der Waals surface area contributed by atoms with Crippen LogP contribution in [0.15, 0.2) is 24.7 Å². The Kier molecular flexibility index (Phi) is 6.95. The van der Waals surface area contributed by atoms with E-state index in [4.69, 9.17) is 27.1 Å². The van der Waals surface area contributed by atoms with E-state index in [0.717, 1.165) is 68.2 Å². The van der Waals surface area contributed by atoms with E-state index < -0.39 is 0 Å². The molecule has 0 aromatic carbocycles. The van der Waals surface area contributed by atoms with Crippen LogP contribution in [0.25, 0.3) is 11.3 Å². The molecule has 1 atom stereocenters. The van der Waals surface area contributed by atoms with E-state index in [2.05, 4.69) is 21.4 Å². The molecule has 2 aromatic rings. The van der Waals surface area contributed by atoms with Crippen molar-refractivity contribution in [2.24, 2.45) is 17.6 Å². The monoisotopic (exact) mass is 415 g/mol. The van der Waals surface area contributed by atoms with Crippen molar-refractivity contribution in [1.82, 2.24) is 15.0 Å². The number of halogens is 1. The molecule has 6 nitrogen and oxygen atoms in total. The second-order valence-electron chi connectivity index (χ2n) is 8.39. The van der Waals surface area contributed by atoms with E-state index in [1.165, 1.54) is 19.3 Å². The molecule has 2 fully saturated rings. The number of hydrogen-bond acceptors (Lipinski definition) is 6. The minimum Gasteiger partial charge on any atom is -0.381 e. The van der Waals surface area contributed by atoms with Gasteiger partial charge in [-0.25, -0.2) is 4.98 Å². The second-order valence-corrected chi connectivity index (χ2v) is 8.80. The number of nitrogens with two attached hydrogens (primary N) is 1. The summed E-state index contributed by atoms with van der Waals surface area (Å²) in [6.45, 7) is 2.53. The average molecular weight is 416 g/mol. The summed E-state index contributed by atoms with van der Waals surface area (Å²) in [4.78, 5) is 13.7. The first kappa shape index (κ1) is 20.5. The van der Waals surface area contributed by atoms with Gasteiger partial charge in [0.25, 0.3) is 0 Å². The largest absolute Gasteiger partial charge is 0.381 e. The van der Waals surface area contributed by atoms with Crippen molar-refractivity contribution in [3.63, 3.8) is 0 Å². The van der Waals surface area contributed by atoms with Gasteiger partial charge in [-0.3, -0.25) is 9.97 Å². The van der Waals surface area contributed by atoms with E-state index >= 15 is 0 Å². The molecule has 1 saturated heterocycles. The Morgan fingerprint density at radius 3 is 2.76 bits per heavy atom. The fourth-order valence-corrected chi connectivity index (χ4v) is 4.48. The highest BCUT2D eigenvalue weighted by molar-refractivity contribution is 6.33. The summed E-state index contributed by atoms with van der Waals surface area (Å²) in [6, 6.07) is 2.44. The van der Waals surface area contributed by atoms with Crippen molar-refractivity contribution in [2.45, 2.75) is 51.0 Å². The highest BCUT2D eigenvalue weighted by Crippen LogP contribution is 2.30. The van der Waals surface area contributed by atoms with Gasteiger partial charge in [0.15, 0.2) is 0 Å². The van der Waals surface area contributed by atoms with Gasteiger partial charge < -0.3 is 15.8 Å². The molecule has 3 N–H and O–H groups in total. The average Bonchev–Trinajstić information content (AvgIpc) is 2.76. The summed E-state index contributed by atoms with van der Waals surface area (Å²) < 4.78 is 5.55. The van der Waals surface area contributed by atoms with Gasteiger partial charge in [0.1, 0.15) is 5.82 Å². The Bertz CT molecular complexity index is 804. The van der Waals surface area contributed by atoms with Crippen LogP contribution < -0.4 is 11.1 Å². The number of hydrogen-bond donors (Lipinski definition) is 2. The number of pyridine rings is 1.